The lowest BCUT2D eigenvalue weighted by Crippen LogP contribution is -2.39. The Bertz CT molecular complexity index is 433. The molecule has 2 rings (SSSR count). The van der Waals surface area contributed by atoms with Crippen molar-refractivity contribution in [2.75, 3.05) is 32.2 Å². The molecule has 1 aromatic rings. The minimum atomic E-state index is -0.365. The van der Waals surface area contributed by atoms with Gasteiger partial charge in [-0.1, -0.05) is 0 Å². The topological polar surface area (TPSA) is 51.7 Å². The van der Waals surface area contributed by atoms with Crippen molar-refractivity contribution in [2.24, 2.45) is 0 Å². The number of anilines is 1. The van der Waals surface area contributed by atoms with Gasteiger partial charge < -0.3 is 14.4 Å². The molecule has 6 heteroatoms. The molecule has 1 unspecified atom stereocenters. The molecule has 0 N–H and O–H groups in total. The third kappa shape index (κ3) is 2.64. The number of carbonyl (C=O) groups is 1. The summed E-state index contributed by atoms with van der Waals surface area (Å²) in [6.45, 7) is 3.70. The van der Waals surface area contributed by atoms with Gasteiger partial charge in [0, 0.05) is 25.1 Å². The summed E-state index contributed by atoms with van der Waals surface area (Å²) in [6, 6.07) is 0. The molecule has 5 nitrogen and oxygen atoms in total. The number of rotatable bonds is 3. The number of methoxy groups -OCH3 is 2. The molecule has 0 amide bonds. The van der Waals surface area contributed by atoms with Crippen LogP contribution in [0.5, 0.6) is 0 Å². The third-order valence-electron chi connectivity index (χ3n) is 3.15. The first-order valence-electron chi connectivity index (χ1n) is 5.99. The molecular formula is C12H18N2O3S. The van der Waals surface area contributed by atoms with Crippen LogP contribution in [0.25, 0.3) is 0 Å². The molecule has 1 fully saturated rings. The predicted molar refractivity (Wildman–Crippen MR) is 70.4 cm³/mol. The number of nitrogens with zero attached hydrogens (tertiary/aromatic N) is 2. The van der Waals surface area contributed by atoms with Crippen LogP contribution in [0.15, 0.2) is 0 Å². The lowest BCUT2D eigenvalue weighted by molar-refractivity contribution is 0.0594. The Morgan fingerprint density at radius 2 is 2.28 bits per heavy atom. The number of hydrogen-bond donors (Lipinski definition) is 0. The Labute approximate surface area is 111 Å². The summed E-state index contributed by atoms with van der Waals surface area (Å²) in [6.07, 6.45) is 2.43. The fourth-order valence-corrected chi connectivity index (χ4v) is 3.04. The Hall–Kier alpha value is -1.14. The van der Waals surface area contributed by atoms with Crippen LogP contribution in [0.3, 0.4) is 0 Å². The lowest BCUT2D eigenvalue weighted by Gasteiger charge is -2.31. The van der Waals surface area contributed by atoms with Gasteiger partial charge >= 0.3 is 5.97 Å². The maximum absolute atomic E-state index is 11.5. The monoisotopic (exact) mass is 270 g/mol. The first-order chi connectivity index (χ1) is 8.65. The van der Waals surface area contributed by atoms with E-state index in [1.807, 2.05) is 6.92 Å². The van der Waals surface area contributed by atoms with E-state index in [2.05, 4.69) is 9.88 Å². The molecular weight excluding hydrogens is 252 g/mol. The number of carbonyl (C=O) groups excluding carboxylic acids is 1. The van der Waals surface area contributed by atoms with Crippen molar-refractivity contribution >= 4 is 22.4 Å². The van der Waals surface area contributed by atoms with Gasteiger partial charge in [0.2, 0.25) is 0 Å². The van der Waals surface area contributed by atoms with Gasteiger partial charge in [0.1, 0.15) is 0 Å². The van der Waals surface area contributed by atoms with Crippen LogP contribution in [0.1, 0.15) is 28.2 Å². The second-order valence-corrected chi connectivity index (χ2v) is 5.52. The molecule has 1 atom stereocenters. The van der Waals surface area contributed by atoms with Crippen LogP contribution < -0.4 is 4.90 Å². The number of ether oxygens (including phenoxy) is 2. The third-order valence-corrected chi connectivity index (χ3v) is 4.18. The maximum Gasteiger partial charge on any atom is 0.357 e. The van der Waals surface area contributed by atoms with Gasteiger partial charge in [-0.05, 0) is 19.8 Å². The highest BCUT2D eigenvalue weighted by Crippen LogP contribution is 2.28. The molecule has 0 spiro atoms. The highest BCUT2D eigenvalue weighted by Gasteiger charge is 2.24. The first-order valence-corrected chi connectivity index (χ1v) is 6.80. The van der Waals surface area contributed by atoms with Crippen molar-refractivity contribution in [1.29, 1.82) is 0 Å². The fraction of sp³-hybridized carbons (Fsp3) is 0.667. The Morgan fingerprint density at radius 1 is 1.50 bits per heavy atom. The zero-order valence-electron chi connectivity index (χ0n) is 10.9. The maximum atomic E-state index is 11.5. The predicted octanol–water partition coefficient (Wildman–Crippen LogP) is 1.85. The van der Waals surface area contributed by atoms with Crippen molar-refractivity contribution in [3.05, 3.63) is 10.6 Å². The fourth-order valence-electron chi connectivity index (χ4n) is 2.11. The molecule has 0 radical (unpaired) electrons. The molecule has 100 valence electrons. The van der Waals surface area contributed by atoms with Gasteiger partial charge in [-0.2, -0.15) is 0 Å². The number of hydrogen-bond acceptors (Lipinski definition) is 6. The summed E-state index contributed by atoms with van der Waals surface area (Å²) in [5.41, 5.74) is 0.428. The average molecular weight is 270 g/mol. The summed E-state index contributed by atoms with van der Waals surface area (Å²) < 4.78 is 10.1. The van der Waals surface area contributed by atoms with Gasteiger partial charge in [0.05, 0.1) is 13.2 Å². The molecule has 1 aliphatic rings. The van der Waals surface area contributed by atoms with Crippen LogP contribution in [0.4, 0.5) is 5.13 Å². The van der Waals surface area contributed by atoms with E-state index >= 15 is 0 Å². The second kappa shape index (κ2) is 5.67. The van der Waals surface area contributed by atoms with E-state index in [0.717, 1.165) is 35.9 Å². The van der Waals surface area contributed by atoms with Crippen molar-refractivity contribution in [1.82, 2.24) is 4.98 Å². The van der Waals surface area contributed by atoms with Crippen LogP contribution in [0, 0.1) is 6.92 Å². The molecule has 2 heterocycles. The van der Waals surface area contributed by atoms with E-state index in [4.69, 9.17) is 9.47 Å². The highest BCUT2D eigenvalue weighted by molar-refractivity contribution is 7.15. The van der Waals surface area contributed by atoms with E-state index in [0.29, 0.717) is 5.69 Å². The normalized spacial score (nSPS) is 19.9. The van der Waals surface area contributed by atoms with Gasteiger partial charge in [0.25, 0.3) is 0 Å². The van der Waals surface area contributed by atoms with E-state index < -0.39 is 0 Å². The minimum absolute atomic E-state index is 0.254. The number of thiazole rings is 1. The summed E-state index contributed by atoms with van der Waals surface area (Å²) in [4.78, 5) is 19.0. The number of aromatic nitrogens is 1. The van der Waals surface area contributed by atoms with Gasteiger partial charge in [-0.15, -0.1) is 11.3 Å². The highest BCUT2D eigenvalue weighted by atomic mass is 32.1. The number of piperidine rings is 1. The lowest BCUT2D eigenvalue weighted by atomic mass is 10.1. The zero-order chi connectivity index (χ0) is 13.1. The summed E-state index contributed by atoms with van der Waals surface area (Å²) in [5.74, 6) is -0.365. The van der Waals surface area contributed by atoms with Crippen molar-refractivity contribution in [2.45, 2.75) is 25.9 Å². The van der Waals surface area contributed by atoms with Gasteiger partial charge in [-0.25, -0.2) is 9.78 Å². The minimum Gasteiger partial charge on any atom is -0.464 e. The molecule has 18 heavy (non-hydrogen) atoms. The van der Waals surface area contributed by atoms with E-state index in [9.17, 15) is 4.79 Å². The molecule has 0 saturated carbocycles. The zero-order valence-corrected chi connectivity index (χ0v) is 11.7. The van der Waals surface area contributed by atoms with Crippen LogP contribution >= 0.6 is 11.3 Å². The molecule has 1 saturated heterocycles. The standard InChI is InChI=1S/C12H18N2O3S/c1-8-10(11(15)17-3)13-12(18-8)14-6-4-5-9(7-14)16-2/h9H,4-7H2,1-3H3. The molecule has 1 aromatic heterocycles. The Kier molecular flexibility index (Phi) is 4.19. The molecule has 0 aliphatic carbocycles. The SMILES string of the molecule is COC(=O)c1nc(N2CCCC(OC)C2)sc1C. The van der Waals surface area contributed by atoms with E-state index in [1.165, 1.54) is 18.4 Å². The summed E-state index contributed by atoms with van der Waals surface area (Å²) >= 11 is 1.54. The quantitative estimate of drug-likeness (QED) is 0.785. The van der Waals surface area contributed by atoms with Crippen molar-refractivity contribution in [3.8, 4) is 0 Å². The van der Waals surface area contributed by atoms with Gasteiger partial charge in [-0.3, -0.25) is 0 Å². The van der Waals surface area contributed by atoms with Gasteiger partial charge in [0.15, 0.2) is 10.8 Å². The van der Waals surface area contributed by atoms with Crippen LogP contribution in [0.2, 0.25) is 0 Å². The van der Waals surface area contributed by atoms with Crippen molar-refractivity contribution in [3.63, 3.8) is 0 Å². The number of esters is 1. The Balaban J connectivity index is 2.16. The summed E-state index contributed by atoms with van der Waals surface area (Å²) in [5, 5.41) is 0.884. The van der Waals surface area contributed by atoms with Crippen LogP contribution in [-0.4, -0.2) is 44.4 Å². The molecule has 0 bridgehead atoms. The number of aryl methyl sites for hydroxylation is 1. The first kappa shape index (κ1) is 13.3. The molecule has 1 aliphatic heterocycles. The molecule has 0 aromatic carbocycles. The summed E-state index contributed by atoms with van der Waals surface area (Å²) in [7, 11) is 3.11. The second-order valence-electron chi connectivity index (χ2n) is 4.34. The van der Waals surface area contributed by atoms with Crippen molar-refractivity contribution < 1.29 is 14.3 Å². The average Bonchev–Trinajstić information content (AvgIpc) is 2.80. The smallest absolute Gasteiger partial charge is 0.357 e. The van der Waals surface area contributed by atoms with E-state index in [1.54, 1.807) is 7.11 Å². The van der Waals surface area contributed by atoms with E-state index in [-0.39, 0.29) is 12.1 Å². The Morgan fingerprint density at radius 3 is 2.94 bits per heavy atom. The van der Waals surface area contributed by atoms with Crippen LogP contribution in [-0.2, 0) is 9.47 Å². The largest absolute Gasteiger partial charge is 0.464 e.